The summed E-state index contributed by atoms with van der Waals surface area (Å²) in [7, 11) is 3.07. The predicted molar refractivity (Wildman–Crippen MR) is 44.6 cm³/mol. The van der Waals surface area contributed by atoms with E-state index in [-0.39, 0.29) is 11.1 Å². The van der Waals surface area contributed by atoms with Gasteiger partial charge in [0, 0.05) is 20.2 Å². The zero-order chi connectivity index (χ0) is 8.59. The largest absolute Gasteiger partial charge is 0.279 e. The van der Waals surface area contributed by atoms with E-state index < -0.39 is 0 Å². The van der Waals surface area contributed by atoms with Gasteiger partial charge < -0.3 is 0 Å². The quantitative estimate of drug-likeness (QED) is 0.608. The maximum Gasteiger partial charge on any atom is 0.279 e. The van der Waals surface area contributed by atoms with Crippen molar-refractivity contribution in [2.75, 3.05) is 0 Å². The second-order valence-electron chi connectivity index (χ2n) is 2.18. The van der Waals surface area contributed by atoms with Crippen LogP contribution >= 0.6 is 15.9 Å². The highest BCUT2D eigenvalue weighted by molar-refractivity contribution is 9.10. The third-order valence-electron chi connectivity index (χ3n) is 1.52. The molecule has 1 aromatic rings. The molecule has 1 aromatic heterocycles. The number of nitrogens with zero attached hydrogens (tertiary/aromatic N) is 2. The Morgan fingerprint density at radius 2 is 1.82 bits per heavy atom. The molecular formula is C6H7BrN2O2. The van der Waals surface area contributed by atoms with Crippen LogP contribution in [0.4, 0.5) is 0 Å². The molecule has 0 radical (unpaired) electrons. The minimum Gasteiger partial charge on any atom is -0.268 e. The molecule has 0 bridgehead atoms. The van der Waals surface area contributed by atoms with Crippen molar-refractivity contribution in [2.24, 2.45) is 14.1 Å². The molecule has 0 aliphatic heterocycles. The van der Waals surface area contributed by atoms with Gasteiger partial charge in [0.05, 0.1) is 4.47 Å². The van der Waals surface area contributed by atoms with Crippen LogP contribution in [0.25, 0.3) is 0 Å². The highest BCUT2D eigenvalue weighted by Crippen LogP contribution is 1.95. The van der Waals surface area contributed by atoms with Gasteiger partial charge in [-0.3, -0.25) is 19.0 Å². The summed E-state index contributed by atoms with van der Waals surface area (Å²) in [5.74, 6) is 0. The minimum atomic E-state index is -0.216. The van der Waals surface area contributed by atoms with Gasteiger partial charge in [-0.2, -0.15) is 0 Å². The third kappa shape index (κ3) is 1.28. The van der Waals surface area contributed by atoms with E-state index in [0.717, 1.165) is 0 Å². The molecule has 5 heteroatoms. The van der Waals surface area contributed by atoms with Crippen LogP contribution in [-0.4, -0.2) is 9.36 Å². The van der Waals surface area contributed by atoms with E-state index in [9.17, 15) is 9.59 Å². The van der Waals surface area contributed by atoms with E-state index in [1.807, 2.05) is 0 Å². The number of halogens is 1. The first-order chi connectivity index (χ1) is 5.04. The molecule has 1 rings (SSSR count). The molecule has 4 nitrogen and oxygen atoms in total. The number of hydrogen-bond acceptors (Lipinski definition) is 2. The summed E-state index contributed by atoms with van der Waals surface area (Å²) in [5, 5.41) is 0. The minimum absolute atomic E-state index is 0.209. The first kappa shape index (κ1) is 8.26. The van der Waals surface area contributed by atoms with Gasteiger partial charge in [0.1, 0.15) is 0 Å². The van der Waals surface area contributed by atoms with Crippen molar-refractivity contribution in [1.29, 1.82) is 0 Å². The molecular weight excluding hydrogens is 212 g/mol. The topological polar surface area (TPSA) is 44.0 Å². The van der Waals surface area contributed by atoms with Gasteiger partial charge in [-0.25, -0.2) is 0 Å². The van der Waals surface area contributed by atoms with E-state index in [4.69, 9.17) is 0 Å². The smallest absolute Gasteiger partial charge is 0.268 e. The number of aromatic nitrogens is 2. The molecule has 0 unspecified atom stereocenters. The Hall–Kier alpha value is -0.840. The van der Waals surface area contributed by atoms with Crippen molar-refractivity contribution in [3.63, 3.8) is 0 Å². The van der Waals surface area contributed by atoms with Crippen molar-refractivity contribution < 1.29 is 0 Å². The van der Waals surface area contributed by atoms with Crippen molar-refractivity contribution in [2.45, 2.75) is 0 Å². The summed E-state index contributed by atoms with van der Waals surface area (Å²) in [6.45, 7) is 0. The molecule has 0 N–H and O–H groups in total. The maximum atomic E-state index is 11.1. The zero-order valence-corrected chi connectivity index (χ0v) is 7.75. The summed E-state index contributed by atoms with van der Waals surface area (Å²) in [6, 6.07) is 1.25. The van der Waals surface area contributed by atoms with E-state index in [0.29, 0.717) is 4.47 Å². The maximum absolute atomic E-state index is 11.1. The van der Waals surface area contributed by atoms with E-state index >= 15 is 0 Å². The molecule has 0 atom stereocenters. The fraction of sp³-hybridized carbons (Fsp3) is 0.333. The van der Waals surface area contributed by atoms with Crippen LogP contribution in [0.3, 0.4) is 0 Å². The Bertz CT molecular complexity index is 391. The molecule has 0 spiro atoms. The highest BCUT2D eigenvalue weighted by atomic mass is 79.9. The van der Waals surface area contributed by atoms with Gasteiger partial charge in [0.15, 0.2) is 0 Å². The average Bonchev–Trinajstić information content (AvgIpc) is 1.97. The molecule has 0 aromatic carbocycles. The Kier molecular flexibility index (Phi) is 1.99. The summed E-state index contributed by atoms with van der Waals surface area (Å²) in [4.78, 5) is 22.1. The van der Waals surface area contributed by atoms with Crippen LogP contribution in [0, 0.1) is 0 Å². The lowest BCUT2D eigenvalue weighted by atomic mass is 10.5. The Labute approximate surface area is 71.2 Å². The van der Waals surface area contributed by atoms with Gasteiger partial charge in [-0.1, -0.05) is 0 Å². The van der Waals surface area contributed by atoms with Gasteiger partial charge >= 0.3 is 0 Å². The third-order valence-corrected chi connectivity index (χ3v) is 2.09. The van der Waals surface area contributed by atoms with E-state index in [2.05, 4.69) is 15.9 Å². The van der Waals surface area contributed by atoms with Gasteiger partial charge in [0.25, 0.3) is 11.1 Å². The van der Waals surface area contributed by atoms with Crippen LogP contribution in [0.5, 0.6) is 0 Å². The van der Waals surface area contributed by atoms with Crippen LogP contribution < -0.4 is 11.1 Å². The van der Waals surface area contributed by atoms with Crippen LogP contribution in [0.1, 0.15) is 0 Å². The molecule has 0 amide bonds. The molecule has 0 saturated heterocycles. The standard InChI is InChI=1S/C6H7BrN2O2/c1-8-5(10)3-4(7)6(11)9(8)2/h3H,1-2H3. The molecule has 0 aliphatic carbocycles. The van der Waals surface area contributed by atoms with Crippen molar-refractivity contribution >= 4 is 15.9 Å². The lowest BCUT2D eigenvalue weighted by Crippen LogP contribution is -2.34. The summed E-state index contributed by atoms with van der Waals surface area (Å²) < 4.78 is 2.78. The second-order valence-corrected chi connectivity index (χ2v) is 3.04. The van der Waals surface area contributed by atoms with Crippen LogP contribution in [0.15, 0.2) is 20.1 Å². The summed E-state index contributed by atoms with van der Waals surface area (Å²) >= 11 is 2.98. The van der Waals surface area contributed by atoms with Gasteiger partial charge in [-0.15, -0.1) is 0 Å². The monoisotopic (exact) mass is 218 g/mol. The van der Waals surface area contributed by atoms with Crippen molar-refractivity contribution in [3.8, 4) is 0 Å². The molecule has 11 heavy (non-hydrogen) atoms. The van der Waals surface area contributed by atoms with Crippen LogP contribution in [-0.2, 0) is 14.1 Å². The summed E-state index contributed by atoms with van der Waals surface area (Å²) in [5.41, 5.74) is -0.425. The molecule has 0 fully saturated rings. The molecule has 60 valence electrons. The predicted octanol–water partition coefficient (Wildman–Crippen LogP) is -0.154. The summed E-state index contributed by atoms with van der Waals surface area (Å²) in [6.07, 6.45) is 0. The van der Waals surface area contributed by atoms with Gasteiger partial charge in [0.2, 0.25) is 0 Å². The number of rotatable bonds is 0. The first-order valence-corrected chi connectivity index (χ1v) is 3.76. The lowest BCUT2D eigenvalue weighted by Gasteiger charge is -2.04. The lowest BCUT2D eigenvalue weighted by molar-refractivity contribution is 0.531. The Balaban J connectivity index is 3.73. The normalized spacial score (nSPS) is 10.1. The number of hydrogen-bond donors (Lipinski definition) is 0. The fourth-order valence-electron chi connectivity index (χ4n) is 0.702. The second kappa shape index (κ2) is 2.65. The first-order valence-electron chi connectivity index (χ1n) is 2.97. The van der Waals surface area contributed by atoms with Crippen molar-refractivity contribution in [1.82, 2.24) is 9.36 Å². The Morgan fingerprint density at radius 1 is 1.27 bits per heavy atom. The van der Waals surface area contributed by atoms with E-state index in [1.54, 1.807) is 0 Å². The van der Waals surface area contributed by atoms with E-state index in [1.165, 1.54) is 29.5 Å². The Morgan fingerprint density at radius 3 is 2.36 bits per heavy atom. The zero-order valence-electron chi connectivity index (χ0n) is 6.17. The van der Waals surface area contributed by atoms with Crippen molar-refractivity contribution in [3.05, 3.63) is 31.2 Å². The molecule has 1 heterocycles. The highest BCUT2D eigenvalue weighted by Gasteiger charge is 2.01. The van der Waals surface area contributed by atoms with Crippen LogP contribution in [0.2, 0.25) is 0 Å². The molecule has 0 aliphatic rings. The molecule has 0 saturated carbocycles. The SMILES string of the molecule is Cn1c(=O)cc(Br)c(=O)n1C. The fourth-order valence-corrected chi connectivity index (χ4v) is 1.15. The van der Waals surface area contributed by atoms with Gasteiger partial charge in [-0.05, 0) is 15.9 Å². The average molecular weight is 219 g/mol.